The van der Waals surface area contributed by atoms with Crippen LogP contribution in [0.15, 0.2) is 16.6 Å². The highest BCUT2D eigenvalue weighted by Gasteiger charge is 2.02. The Morgan fingerprint density at radius 2 is 2.00 bits per heavy atom. The minimum Gasteiger partial charge on any atom is -0.289 e. The van der Waals surface area contributed by atoms with E-state index in [0.29, 0.717) is 5.92 Å². The van der Waals surface area contributed by atoms with E-state index >= 15 is 0 Å². The highest BCUT2D eigenvalue weighted by atomic mass is 14.7. The van der Waals surface area contributed by atoms with Crippen LogP contribution in [0.2, 0.25) is 0 Å². The molecule has 0 N–H and O–H groups in total. The minimum atomic E-state index is 0.678. The van der Waals surface area contributed by atoms with Crippen LogP contribution in [0.4, 0.5) is 0 Å². The molecule has 0 saturated heterocycles. The number of nitrogens with zero attached hydrogens (tertiary/aromatic N) is 1. The van der Waals surface area contributed by atoms with Crippen molar-refractivity contribution in [3.05, 3.63) is 11.6 Å². The van der Waals surface area contributed by atoms with E-state index in [-0.39, 0.29) is 0 Å². The Kier molecular flexibility index (Phi) is 4.91. The minimum absolute atomic E-state index is 0.678. The van der Waals surface area contributed by atoms with Crippen molar-refractivity contribution < 1.29 is 0 Å². The van der Waals surface area contributed by atoms with Gasteiger partial charge in [0.2, 0.25) is 0 Å². The van der Waals surface area contributed by atoms with E-state index in [1.165, 1.54) is 5.57 Å². The monoisotopic (exact) mass is 139 g/mol. The van der Waals surface area contributed by atoms with Crippen LogP contribution in [-0.4, -0.2) is 12.8 Å². The second-order valence-corrected chi connectivity index (χ2v) is 2.39. The molecule has 1 rings (SSSR count). The molecule has 0 aromatic rings. The van der Waals surface area contributed by atoms with Crippen LogP contribution >= 0.6 is 0 Å². The van der Waals surface area contributed by atoms with Gasteiger partial charge in [0.25, 0.3) is 0 Å². The van der Waals surface area contributed by atoms with Gasteiger partial charge < -0.3 is 0 Å². The predicted octanol–water partition coefficient (Wildman–Crippen LogP) is 2.68. The molecule has 0 aromatic heterocycles. The first-order chi connectivity index (χ1) is 4.80. The quantitative estimate of drug-likeness (QED) is 0.529. The average molecular weight is 139 g/mol. The van der Waals surface area contributed by atoms with Crippen molar-refractivity contribution in [3.63, 3.8) is 0 Å². The third-order valence-electron chi connectivity index (χ3n) is 1.41. The third kappa shape index (κ3) is 2.81. The summed E-state index contributed by atoms with van der Waals surface area (Å²) in [5.41, 5.74) is 1.45. The zero-order valence-electron chi connectivity index (χ0n) is 7.39. The van der Waals surface area contributed by atoms with Crippen LogP contribution in [0.1, 0.15) is 27.7 Å². The molecular weight excluding hydrogens is 122 g/mol. The van der Waals surface area contributed by atoms with Crippen LogP contribution in [0.5, 0.6) is 0 Å². The van der Waals surface area contributed by atoms with Gasteiger partial charge in [0.05, 0.1) is 6.54 Å². The zero-order valence-corrected chi connectivity index (χ0v) is 7.39. The van der Waals surface area contributed by atoms with Gasteiger partial charge in [-0.25, -0.2) is 0 Å². The Morgan fingerprint density at radius 3 is 2.20 bits per heavy atom. The fourth-order valence-electron chi connectivity index (χ4n) is 0.734. The van der Waals surface area contributed by atoms with Crippen LogP contribution in [0, 0.1) is 5.92 Å². The van der Waals surface area contributed by atoms with Gasteiger partial charge >= 0.3 is 0 Å². The topological polar surface area (TPSA) is 12.4 Å². The van der Waals surface area contributed by atoms with Crippen molar-refractivity contribution >= 4 is 6.21 Å². The third-order valence-corrected chi connectivity index (χ3v) is 1.41. The lowest BCUT2D eigenvalue weighted by Crippen LogP contribution is -1.93. The molecule has 1 heterocycles. The van der Waals surface area contributed by atoms with Gasteiger partial charge in [-0.1, -0.05) is 27.7 Å². The van der Waals surface area contributed by atoms with E-state index in [1.807, 2.05) is 20.1 Å². The molecule has 0 saturated carbocycles. The molecule has 0 fully saturated rings. The zero-order chi connectivity index (χ0) is 7.98. The Bertz CT molecular complexity index is 132. The van der Waals surface area contributed by atoms with E-state index in [2.05, 4.69) is 24.9 Å². The van der Waals surface area contributed by atoms with Crippen molar-refractivity contribution in [2.24, 2.45) is 10.9 Å². The molecule has 0 spiro atoms. The number of hydrogen-bond acceptors (Lipinski definition) is 1. The fraction of sp³-hybridized carbons (Fsp3) is 0.667. The molecule has 58 valence electrons. The second kappa shape index (κ2) is 5.21. The molecule has 1 nitrogen and oxygen atoms in total. The molecule has 10 heavy (non-hydrogen) atoms. The molecule has 0 unspecified atom stereocenters. The number of allylic oxidation sites excluding steroid dienone is 1. The summed E-state index contributed by atoms with van der Waals surface area (Å²) in [7, 11) is 0. The van der Waals surface area contributed by atoms with Crippen LogP contribution in [0.25, 0.3) is 0 Å². The van der Waals surface area contributed by atoms with Crippen LogP contribution in [-0.2, 0) is 0 Å². The van der Waals surface area contributed by atoms with Gasteiger partial charge in [-0.15, -0.1) is 0 Å². The molecular formula is C9H17N. The van der Waals surface area contributed by atoms with Crippen molar-refractivity contribution in [2.75, 3.05) is 6.54 Å². The summed E-state index contributed by atoms with van der Waals surface area (Å²) in [6, 6.07) is 0. The van der Waals surface area contributed by atoms with Gasteiger partial charge in [0.1, 0.15) is 0 Å². The van der Waals surface area contributed by atoms with Gasteiger partial charge in [-0.2, -0.15) is 0 Å². The first-order valence-electron chi connectivity index (χ1n) is 3.99. The molecule has 0 aromatic carbocycles. The van der Waals surface area contributed by atoms with Crippen LogP contribution < -0.4 is 0 Å². The molecule has 0 radical (unpaired) electrons. The first-order valence-corrected chi connectivity index (χ1v) is 3.99. The molecule has 1 aliphatic heterocycles. The van der Waals surface area contributed by atoms with E-state index in [9.17, 15) is 0 Å². The lowest BCUT2D eigenvalue weighted by atomic mass is 10.1. The predicted molar refractivity (Wildman–Crippen MR) is 47.6 cm³/mol. The Balaban J connectivity index is 0.000000371. The highest BCUT2D eigenvalue weighted by molar-refractivity contribution is 5.75. The van der Waals surface area contributed by atoms with Crippen molar-refractivity contribution in [1.82, 2.24) is 0 Å². The maximum Gasteiger partial charge on any atom is 0.0605 e. The Morgan fingerprint density at radius 1 is 1.40 bits per heavy atom. The SMILES string of the molecule is CC.CC(C)C1=CC=NC1. The molecule has 1 heteroatoms. The standard InChI is InChI=1S/C7H11N.C2H6/c1-6(2)7-3-4-8-5-7;1-2/h3-4,6H,5H2,1-2H3;1-2H3. The van der Waals surface area contributed by atoms with Gasteiger partial charge in [0.15, 0.2) is 0 Å². The number of hydrogen-bond donors (Lipinski definition) is 0. The van der Waals surface area contributed by atoms with Gasteiger partial charge in [-0.05, 0) is 17.6 Å². The average Bonchev–Trinajstić information content (AvgIpc) is 2.42. The smallest absolute Gasteiger partial charge is 0.0605 e. The number of rotatable bonds is 1. The van der Waals surface area contributed by atoms with E-state index in [4.69, 9.17) is 0 Å². The molecule has 1 aliphatic rings. The summed E-state index contributed by atoms with van der Waals surface area (Å²) in [6.07, 6.45) is 3.99. The van der Waals surface area contributed by atoms with Gasteiger partial charge in [0, 0.05) is 6.21 Å². The molecule has 0 bridgehead atoms. The summed E-state index contributed by atoms with van der Waals surface area (Å²) in [4.78, 5) is 4.07. The summed E-state index contributed by atoms with van der Waals surface area (Å²) in [5.74, 6) is 0.678. The second-order valence-electron chi connectivity index (χ2n) is 2.39. The largest absolute Gasteiger partial charge is 0.289 e. The lowest BCUT2D eigenvalue weighted by molar-refractivity contribution is 0.754. The van der Waals surface area contributed by atoms with E-state index < -0.39 is 0 Å². The van der Waals surface area contributed by atoms with Crippen LogP contribution in [0.3, 0.4) is 0 Å². The first kappa shape index (κ1) is 9.41. The van der Waals surface area contributed by atoms with E-state index in [1.54, 1.807) is 0 Å². The highest BCUT2D eigenvalue weighted by Crippen LogP contribution is 2.11. The maximum absolute atomic E-state index is 4.07. The summed E-state index contributed by atoms with van der Waals surface area (Å²) in [6.45, 7) is 9.32. The fourth-order valence-corrected chi connectivity index (χ4v) is 0.734. The maximum atomic E-state index is 4.07. The van der Waals surface area contributed by atoms with Gasteiger partial charge in [-0.3, -0.25) is 4.99 Å². The normalized spacial score (nSPS) is 14.7. The Hall–Kier alpha value is -0.590. The summed E-state index contributed by atoms with van der Waals surface area (Å²) < 4.78 is 0. The number of aliphatic imine (C=N–C) groups is 1. The molecule has 0 aliphatic carbocycles. The van der Waals surface area contributed by atoms with Crippen molar-refractivity contribution in [2.45, 2.75) is 27.7 Å². The van der Waals surface area contributed by atoms with Crippen molar-refractivity contribution in [3.8, 4) is 0 Å². The molecule has 0 atom stereocenters. The summed E-state index contributed by atoms with van der Waals surface area (Å²) in [5, 5.41) is 0. The lowest BCUT2D eigenvalue weighted by Gasteiger charge is -2.01. The molecule has 0 amide bonds. The van der Waals surface area contributed by atoms with Crippen molar-refractivity contribution in [1.29, 1.82) is 0 Å². The van der Waals surface area contributed by atoms with E-state index in [0.717, 1.165) is 6.54 Å². The summed E-state index contributed by atoms with van der Waals surface area (Å²) >= 11 is 0. The Labute approximate surface area is 63.9 Å².